The first-order valence-corrected chi connectivity index (χ1v) is 11.0. The zero-order valence-corrected chi connectivity index (χ0v) is 19.5. The number of aromatic amines is 1. The third kappa shape index (κ3) is 5.12. The van der Waals surface area contributed by atoms with Crippen molar-refractivity contribution in [3.8, 4) is 6.07 Å². The number of hydrogen-bond acceptors (Lipinski definition) is 7. The van der Waals surface area contributed by atoms with Crippen molar-refractivity contribution in [1.29, 1.82) is 5.26 Å². The fourth-order valence-corrected chi connectivity index (χ4v) is 4.10. The fraction of sp³-hybridized carbons (Fsp3) is 0.391. The van der Waals surface area contributed by atoms with Crippen molar-refractivity contribution in [1.82, 2.24) is 20.3 Å². The lowest BCUT2D eigenvalue weighted by Crippen LogP contribution is -2.56. The van der Waals surface area contributed by atoms with E-state index < -0.39 is 17.2 Å². The minimum atomic E-state index is -0.623. The van der Waals surface area contributed by atoms with Crippen LogP contribution in [0.2, 0.25) is 5.02 Å². The van der Waals surface area contributed by atoms with Gasteiger partial charge in [-0.15, -0.1) is 0 Å². The zero-order chi connectivity index (χ0) is 23.6. The van der Waals surface area contributed by atoms with E-state index in [1.165, 1.54) is 6.33 Å². The molecule has 0 aliphatic carbocycles. The van der Waals surface area contributed by atoms with Crippen LogP contribution in [0.25, 0.3) is 11.0 Å². The molecule has 1 unspecified atom stereocenters. The first kappa shape index (κ1) is 22.7. The third-order valence-electron chi connectivity index (χ3n) is 5.46. The number of nitriles is 1. The summed E-state index contributed by atoms with van der Waals surface area (Å²) in [5, 5.41) is 17.3. The van der Waals surface area contributed by atoms with Gasteiger partial charge in [0.2, 0.25) is 0 Å². The van der Waals surface area contributed by atoms with Gasteiger partial charge in [-0.25, -0.2) is 14.8 Å². The highest BCUT2D eigenvalue weighted by molar-refractivity contribution is 6.30. The van der Waals surface area contributed by atoms with Gasteiger partial charge in [-0.3, -0.25) is 0 Å². The molecule has 0 bridgehead atoms. The number of anilines is 2. The van der Waals surface area contributed by atoms with Crippen LogP contribution in [0.4, 0.5) is 16.3 Å². The Labute approximate surface area is 197 Å². The predicted molar refractivity (Wildman–Crippen MR) is 127 cm³/mol. The van der Waals surface area contributed by atoms with Crippen molar-refractivity contribution in [2.24, 2.45) is 0 Å². The van der Waals surface area contributed by atoms with E-state index in [1.807, 2.05) is 45.0 Å². The first-order chi connectivity index (χ1) is 15.7. The van der Waals surface area contributed by atoms with Crippen molar-refractivity contribution in [2.75, 3.05) is 29.9 Å². The average molecular weight is 468 g/mol. The number of carbonyl (C=O) groups excluding carboxylic acids is 1. The molecule has 1 atom stereocenters. The standard InChI is InChI=1S/C23H26ClN7O2/c1-22(2,3)33-21(32)30-23(12-27-17-6-4-16(24)5-7-17)8-9-31(13-23)20-18-15(10-25)11-26-19(18)28-14-29-20/h4-7,11,14,27H,8-9,12-13H2,1-3H3,(H,30,32)(H,26,28,29). The van der Waals surface area contributed by atoms with Gasteiger partial charge in [0.1, 0.15) is 29.5 Å². The molecule has 0 spiro atoms. The molecule has 33 heavy (non-hydrogen) atoms. The maximum absolute atomic E-state index is 12.7. The molecule has 1 amide bonds. The Hall–Kier alpha value is -3.51. The molecule has 1 aliphatic heterocycles. The second-order valence-electron chi connectivity index (χ2n) is 9.17. The second kappa shape index (κ2) is 8.79. The quantitative estimate of drug-likeness (QED) is 0.517. The molecule has 3 aromatic rings. The Bertz CT molecular complexity index is 1200. The van der Waals surface area contributed by atoms with Crippen LogP contribution in [0.5, 0.6) is 0 Å². The van der Waals surface area contributed by atoms with E-state index in [0.717, 1.165) is 5.69 Å². The van der Waals surface area contributed by atoms with Gasteiger partial charge in [0, 0.05) is 36.5 Å². The Balaban J connectivity index is 1.60. The summed E-state index contributed by atoms with van der Waals surface area (Å²) in [6.45, 7) is 7.09. The van der Waals surface area contributed by atoms with Crippen LogP contribution < -0.4 is 15.5 Å². The van der Waals surface area contributed by atoms with E-state index in [-0.39, 0.29) is 0 Å². The normalized spacial score (nSPS) is 18.2. The summed E-state index contributed by atoms with van der Waals surface area (Å²) in [4.78, 5) is 26.5. The highest BCUT2D eigenvalue weighted by Crippen LogP contribution is 2.32. The Morgan fingerprint density at radius 2 is 2.09 bits per heavy atom. The number of fused-ring (bicyclic) bond motifs is 1. The molecule has 10 heteroatoms. The lowest BCUT2D eigenvalue weighted by molar-refractivity contribution is 0.0470. The average Bonchev–Trinajstić information content (AvgIpc) is 3.36. The molecular weight excluding hydrogens is 442 g/mol. The molecule has 1 saturated heterocycles. The minimum absolute atomic E-state index is 0.469. The van der Waals surface area contributed by atoms with Crippen LogP contribution in [-0.2, 0) is 4.74 Å². The van der Waals surface area contributed by atoms with Crippen molar-refractivity contribution in [2.45, 2.75) is 38.3 Å². The Kier molecular flexibility index (Phi) is 6.04. The van der Waals surface area contributed by atoms with Gasteiger partial charge >= 0.3 is 6.09 Å². The summed E-state index contributed by atoms with van der Waals surface area (Å²) in [5.74, 6) is 0.664. The summed E-state index contributed by atoms with van der Waals surface area (Å²) < 4.78 is 5.54. The van der Waals surface area contributed by atoms with Gasteiger partial charge in [0.25, 0.3) is 0 Å². The number of alkyl carbamates (subject to hydrolysis) is 1. The van der Waals surface area contributed by atoms with E-state index in [0.29, 0.717) is 53.5 Å². The van der Waals surface area contributed by atoms with Gasteiger partial charge in [0.15, 0.2) is 0 Å². The molecule has 4 rings (SSSR count). The summed E-state index contributed by atoms with van der Waals surface area (Å²) in [7, 11) is 0. The number of rotatable bonds is 5. The highest BCUT2D eigenvalue weighted by Gasteiger charge is 2.41. The lowest BCUT2D eigenvalue weighted by Gasteiger charge is -2.32. The van der Waals surface area contributed by atoms with Crippen LogP contribution in [0.3, 0.4) is 0 Å². The van der Waals surface area contributed by atoms with Crippen LogP contribution in [-0.4, -0.2) is 51.8 Å². The van der Waals surface area contributed by atoms with E-state index >= 15 is 0 Å². The summed E-state index contributed by atoms with van der Waals surface area (Å²) in [5.41, 5.74) is 0.747. The SMILES string of the molecule is CC(C)(C)OC(=O)NC1(CNc2ccc(Cl)cc2)CCN(c2ncnc3[nH]cc(C#N)c23)C1. The first-order valence-electron chi connectivity index (χ1n) is 10.7. The molecule has 172 valence electrons. The maximum Gasteiger partial charge on any atom is 0.408 e. The minimum Gasteiger partial charge on any atom is -0.444 e. The molecule has 3 N–H and O–H groups in total. The largest absolute Gasteiger partial charge is 0.444 e. The summed E-state index contributed by atoms with van der Waals surface area (Å²) in [6, 6.07) is 9.60. The number of nitrogens with zero attached hydrogens (tertiary/aromatic N) is 4. The molecule has 0 radical (unpaired) electrons. The van der Waals surface area contributed by atoms with Crippen molar-refractivity contribution in [3.63, 3.8) is 0 Å². The van der Waals surface area contributed by atoms with E-state index in [9.17, 15) is 10.1 Å². The number of carbonyl (C=O) groups is 1. The van der Waals surface area contributed by atoms with Gasteiger partial charge in [-0.2, -0.15) is 5.26 Å². The topological polar surface area (TPSA) is 119 Å². The number of ether oxygens (including phenoxy) is 1. The monoisotopic (exact) mass is 467 g/mol. The van der Waals surface area contributed by atoms with Crippen LogP contribution in [0.15, 0.2) is 36.8 Å². The number of nitrogens with one attached hydrogen (secondary N) is 3. The molecule has 9 nitrogen and oxygen atoms in total. The van der Waals surface area contributed by atoms with Gasteiger partial charge in [0.05, 0.1) is 16.5 Å². The zero-order valence-electron chi connectivity index (χ0n) is 18.8. The van der Waals surface area contributed by atoms with Crippen LogP contribution in [0, 0.1) is 11.3 Å². The van der Waals surface area contributed by atoms with Gasteiger partial charge in [-0.05, 0) is 51.5 Å². The number of aromatic nitrogens is 3. The molecule has 0 saturated carbocycles. The summed E-state index contributed by atoms with van der Waals surface area (Å²) >= 11 is 6.00. The molecular formula is C23H26ClN7O2. The van der Waals surface area contributed by atoms with Crippen molar-refractivity contribution >= 4 is 40.2 Å². The molecule has 3 heterocycles. The molecule has 1 fully saturated rings. The molecule has 1 aromatic carbocycles. The van der Waals surface area contributed by atoms with Crippen molar-refractivity contribution < 1.29 is 9.53 Å². The lowest BCUT2D eigenvalue weighted by atomic mass is 9.98. The number of benzene rings is 1. The van der Waals surface area contributed by atoms with E-state index in [2.05, 4.69) is 36.6 Å². The smallest absolute Gasteiger partial charge is 0.408 e. The highest BCUT2D eigenvalue weighted by atomic mass is 35.5. The molecule has 1 aliphatic rings. The number of halogens is 1. The summed E-state index contributed by atoms with van der Waals surface area (Å²) in [6.07, 6.45) is 3.29. The fourth-order valence-electron chi connectivity index (χ4n) is 3.98. The Morgan fingerprint density at radius 3 is 2.79 bits per heavy atom. The third-order valence-corrected chi connectivity index (χ3v) is 5.72. The Morgan fingerprint density at radius 1 is 1.33 bits per heavy atom. The van der Waals surface area contributed by atoms with Crippen LogP contribution >= 0.6 is 11.6 Å². The van der Waals surface area contributed by atoms with Crippen molar-refractivity contribution in [3.05, 3.63) is 47.4 Å². The number of H-pyrrole nitrogens is 1. The maximum atomic E-state index is 12.7. The molecule has 2 aromatic heterocycles. The number of amides is 1. The second-order valence-corrected chi connectivity index (χ2v) is 9.61. The van der Waals surface area contributed by atoms with Crippen LogP contribution in [0.1, 0.15) is 32.8 Å². The predicted octanol–water partition coefficient (Wildman–Crippen LogP) is 4.07. The van der Waals surface area contributed by atoms with Gasteiger partial charge < -0.3 is 25.3 Å². The van der Waals surface area contributed by atoms with E-state index in [1.54, 1.807) is 6.20 Å². The van der Waals surface area contributed by atoms with E-state index in [4.69, 9.17) is 16.3 Å². The number of hydrogen-bond donors (Lipinski definition) is 3. The van der Waals surface area contributed by atoms with Gasteiger partial charge in [-0.1, -0.05) is 11.6 Å².